The third-order valence-corrected chi connectivity index (χ3v) is 4.19. The molecular formula is C18H28N4. The molecule has 22 heavy (non-hydrogen) atoms. The van der Waals surface area contributed by atoms with E-state index >= 15 is 0 Å². The second-order valence-corrected chi connectivity index (χ2v) is 5.84. The molecule has 0 bridgehead atoms. The minimum absolute atomic E-state index is 0.0520. The normalized spacial score (nSPS) is 12.8. The van der Waals surface area contributed by atoms with Gasteiger partial charge >= 0.3 is 0 Å². The molecule has 0 saturated carbocycles. The van der Waals surface area contributed by atoms with Crippen molar-refractivity contribution in [3.8, 4) is 0 Å². The molecule has 0 radical (unpaired) electrons. The summed E-state index contributed by atoms with van der Waals surface area (Å²) in [5.74, 6) is 0. The molecule has 0 aliphatic heterocycles. The predicted molar refractivity (Wildman–Crippen MR) is 96.2 cm³/mol. The van der Waals surface area contributed by atoms with Crippen LogP contribution in [-0.4, -0.2) is 38.6 Å². The van der Waals surface area contributed by atoms with Crippen molar-refractivity contribution in [3.63, 3.8) is 0 Å². The van der Waals surface area contributed by atoms with E-state index in [1.54, 1.807) is 0 Å². The van der Waals surface area contributed by atoms with Crippen molar-refractivity contribution in [1.29, 1.82) is 0 Å². The Morgan fingerprint density at radius 3 is 2.50 bits per heavy atom. The second-order valence-electron chi connectivity index (χ2n) is 5.84. The van der Waals surface area contributed by atoms with Gasteiger partial charge in [0.1, 0.15) is 0 Å². The molecule has 4 nitrogen and oxygen atoms in total. The zero-order valence-corrected chi connectivity index (χ0v) is 13.7. The Kier molecular flexibility index (Phi) is 6.19. The topological polar surface area (TPSA) is 67.3 Å². The van der Waals surface area contributed by atoms with Crippen molar-refractivity contribution in [2.45, 2.75) is 18.9 Å². The van der Waals surface area contributed by atoms with Crippen molar-refractivity contribution in [2.75, 3.05) is 39.0 Å². The smallest absolute Gasteiger partial charge is 0.0417 e. The summed E-state index contributed by atoms with van der Waals surface area (Å²) >= 11 is 0. The molecule has 0 heterocycles. The minimum atomic E-state index is 0.0520. The van der Waals surface area contributed by atoms with Crippen LogP contribution in [0.3, 0.4) is 0 Å². The van der Waals surface area contributed by atoms with E-state index in [1.807, 2.05) is 7.05 Å². The maximum atomic E-state index is 6.46. The van der Waals surface area contributed by atoms with Crippen LogP contribution in [0.5, 0.6) is 0 Å². The summed E-state index contributed by atoms with van der Waals surface area (Å²) in [6.45, 7) is 2.76. The monoisotopic (exact) mass is 300 g/mol. The number of nitrogens with zero attached hydrogens (tertiary/aromatic N) is 1. The third-order valence-electron chi connectivity index (χ3n) is 4.19. The average Bonchev–Trinajstić information content (AvgIpc) is 2.56. The van der Waals surface area contributed by atoms with Crippen molar-refractivity contribution in [2.24, 2.45) is 11.5 Å². The van der Waals surface area contributed by atoms with Crippen LogP contribution in [0.2, 0.25) is 0 Å². The Morgan fingerprint density at radius 2 is 1.82 bits per heavy atom. The number of nitrogens with one attached hydrogen (secondary N) is 1. The molecule has 0 amide bonds. The number of hydrogen-bond acceptors (Lipinski definition) is 4. The van der Waals surface area contributed by atoms with Gasteiger partial charge in [-0.15, -0.1) is 0 Å². The van der Waals surface area contributed by atoms with E-state index in [1.165, 1.54) is 16.3 Å². The zero-order chi connectivity index (χ0) is 15.9. The molecule has 1 unspecified atom stereocenters. The molecule has 4 heteroatoms. The maximum absolute atomic E-state index is 6.46. The van der Waals surface area contributed by atoms with Crippen molar-refractivity contribution in [1.82, 2.24) is 4.90 Å². The van der Waals surface area contributed by atoms with E-state index in [4.69, 9.17) is 11.5 Å². The fourth-order valence-corrected chi connectivity index (χ4v) is 2.85. The molecule has 0 spiro atoms. The Hall–Kier alpha value is -1.62. The van der Waals surface area contributed by atoms with Gasteiger partial charge in [0.25, 0.3) is 0 Å². The van der Waals surface area contributed by atoms with Gasteiger partial charge in [-0.2, -0.15) is 0 Å². The summed E-state index contributed by atoms with van der Waals surface area (Å²) in [6, 6.07) is 12.8. The van der Waals surface area contributed by atoms with Gasteiger partial charge in [-0.05, 0) is 56.5 Å². The lowest BCUT2D eigenvalue weighted by molar-refractivity contribution is 0.316. The highest BCUT2D eigenvalue weighted by molar-refractivity contribution is 5.96. The first-order valence-electron chi connectivity index (χ1n) is 8.01. The van der Waals surface area contributed by atoms with Crippen molar-refractivity contribution >= 4 is 16.5 Å². The zero-order valence-electron chi connectivity index (χ0n) is 13.7. The summed E-state index contributed by atoms with van der Waals surface area (Å²) in [4.78, 5) is 2.30. The molecular weight excluding hydrogens is 272 g/mol. The first kappa shape index (κ1) is 16.7. The lowest BCUT2D eigenvalue weighted by Crippen LogP contribution is -2.26. The fourth-order valence-electron chi connectivity index (χ4n) is 2.85. The molecule has 120 valence electrons. The molecule has 2 aromatic rings. The van der Waals surface area contributed by atoms with Crippen LogP contribution in [-0.2, 0) is 0 Å². The summed E-state index contributed by atoms with van der Waals surface area (Å²) < 4.78 is 0. The van der Waals surface area contributed by atoms with Crippen LogP contribution in [0.25, 0.3) is 10.8 Å². The average molecular weight is 300 g/mol. The number of rotatable bonds is 8. The van der Waals surface area contributed by atoms with Gasteiger partial charge in [0.2, 0.25) is 0 Å². The van der Waals surface area contributed by atoms with Gasteiger partial charge in [-0.3, -0.25) is 0 Å². The molecule has 0 aromatic heterocycles. The second kappa shape index (κ2) is 8.13. The Bertz CT molecular complexity index is 597. The summed E-state index contributed by atoms with van der Waals surface area (Å²) in [5.41, 5.74) is 14.4. The van der Waals surface area contributed by atoms with Crippen LogP contribution in [0.4, 0.5) is 5.69 Å². The fraction of sp³-hybridized carbons (Fsp3) is 0.444. The standard InChI is InChI=1S/C18H28N4/c1-21-18-9-8-15(14-6-3-4-7-16(14)18)17(20)10-13-22(2)12-5-11-19/h3-4,6-9,17,21H,5,10-13,19-20H2,1-2H3. The van der Waals surface area contributed by atoms with Gasteiger partial charge < -0.3 is 21.7 Å². The first-order valence-corrected chi connectivity index (χ1v) is 8.01. The molecule has 0 fully saturated rings. The number of benzene rings is 2. The number of anilines is 1. The van der Waals surface area contributed by atoms with E-state index in [0.29, 0.717) is 0 Å². The molecule has 2 rings (SSSR count). The molecule has 5 N–H and O–H groups in total. The maximum Gasteiger partial charge on any atom is 0.0417 e. The highest BCUT2D eigenvalue weighted by atomic mass is 15.1. The van der Waals surface area contributed by atoms with Crippen molar-refractivity contribution in [3.05, 3.63) is 42.0 Å². The van der Waals surface area contributed by atoms with Gasteiger partial charge in [0.05, 0.1) is 0 Å². The quantitative estimate of drug-likeness (QED) is 0.701. The Morgan fingerprint density at radius 1 is 1.09 bits per heavy atom. The summed E-state index contributed by atoms with van der Waals surface area (Å²) in [7, 11) is 4.08. The lowest BCUT2D eigenvalue weighted by atomic mass is 9.96. The number of nitrogens with two attached hydrogens (primary N) is 2. The van der Waals surface area contributed by atoms with Crippen LogP contribution in [0.15, 0.2) is 36.4 Å². The van der Waals surface area contributed by atoms with Gasteiger partial charge in [-0.25, -0.2) is 0 Å². The Labute approximate surface area is 133 Å². The van der Waals surface area contributed by atoms with Crippen LogP contribution >= 0.6 is 0 Å². The van der Waals surface area contributed by atoms with E-state index in [0.717, 1.165) is 38.2 Å². The van der Waals surface area contributed by atoms with Crippen molar-refractivity contribution < 1.29 is 0 Å². The largest absolute Gasteiger partial charge is 0.388 e. The summed E-state index contributed by atoms with van der Waals surface area (Å²) in [5, 5.41) is 5.72. The lowest BCUT2D eigenvalue weighted by Gasteiger charge is -2.21. The molecule has 0 aliphatic carbocycles. The van der Waals surface area contributed by atoms with Crippen LogP contribution < -0.4 is 16.8 Å². The van der Waals surface area contributed by atoms with Crippen LogP contribution in [0.1, 0.15) is 24.4 Å². The minimum Gasteiger partial charge on any atom is -0.388 e. The van der Waals surface area contributed by atoms with E-state index in [2.05, 4.69) is 53.7 Å². The van der Waals surface area contributed by atoms with E-state index in [-0.39, 0.29) is 6.04 Å². The van der Waals surface area contributed by atoms with Crippen LogP contribution in [0, 0.1) is 0 Å². The highest BCUT2D eigenvalue weighted by Gasteiger charge is 2.12. The molecule has 2 aromatic carbocycles. The predicted octanol–water partition coefficient (Wildman–Crippen LogP) is 2.55. The van der Waals surface area contributed by atoms with E-state index in [9.17, 15) is 0 Å². The number of fused-ring (bicyclic) bond motifs is 1. The SMILES string of the molecule is CNc1ccc(C(N)CCN(C)CCCN)c2ccccc12. The Balaban J connectivity index is 2.13. The number of hydrogen-bond donors (Lipinski definition) is 3. The van der Waals surface area contributed by atoms with Gasteiger partial charge in [0.15, 0.2) is 0 Å². The van der Waals surface area contributed by atoms with E-state index < -0.39 is 0 Å². The summed E-state index contributed by atoms with van der Waals surface area (Å²) in [6.07, 6.45) is 1.98. The highest BCUT2D eigenvalue weighted by Crippen LogP contribution is 2.30. The van der Waals surface area contributed by atoms with Gasteiger partial charge in [-0.1, -0.05) is 30.3 Å². The molecule has 1 atom stereocenters. The van der Waals surface area contributed by atoms with Gasteiger partial charge in [0, 0.05) is 24.2 Å². The first-order chi connectivity index (χ1) is 10.7. The molecule has 0 aliphatic rings. The molecule has 0 saturated heterocycles. The third kappa shape index (κ3) is 3.97.